The van der Waals surface area contributed by atoms with Gasteiger partial charge in [0.2, 0.25) is 5.91 Å². The normalized spacial score (nSPS) is 16.1. The van der Waals surface area contributed by atoms with Gasteiger partial charge in [-0.3, -0.25) is 19.9 Å². The summed E-state index contributed by atoms with van der Waals surface area (Å²) in [6.45, 7) is 2.14. The van der Waals surface area contributed by atoms with E-state index < -0.39 is 17.3 Å². The lowest BCUT2D eigenvalue weighted by atomic mass is 10.1. The van der Waals surface area contributed by atoms with Crippen molar-refractivity contribution >= 4 is 28.9 Å². The third kappa shape index (κ3) is 6.02. The summed E-state index contributed by atoms with van der Waals surface area (Å²) in [5, 5.41) is 1.57. The van der Waals surface area contributed by atoms with Crippen molar-refractivity contribution in [3.63, 3.8) is 0 Å². The topological polar surface area (TPSA) is 94.6 Å². The third-order valence-electron chi connectivity index (χ3n) is 5.35. The Morgan fingerprint density at radius 2 is 1.82 bits per heavy atom. The molecule has 1 saturated heterocycles. The van der Waals surface area contributed by atoms with E-state index in [4.69, 9.17) is 9.47 Å². The summed E-state index contributed by atoms with van der Waals surface area (Å²) in [6.07, 6.45) is 2.33. The summed E-state index contributed by atoms with van der Waals surface area (Å²) in [4.78, 5) is 40.2. The molecule has 3 aromatic rings. The maximum absolute atomic E-state index is 12.7. The van der Waals surface area contributed by atoms with E-state index in [-0.39, 0.29) is 17.8 Å². The quantitative estimate of drug-likeness (QED) is 0.454. The first-order valence-corrected chi connectivity index (χ1v) is 11.8. The van der Waals surface area contributed by atoms with E-state index in [0.717, 1.165) is 35.0 Å². The zero-order chi connectivity index (χ0) is 23.9. The average molecular weight is 477 g/mol. The Hall–Kier alpha value is -3.65. The molecule has 0 radical (unpaired) electrons. The highest BCUT2D eigenvalue weighted by Gasteiger charge is 2.31. The van der Waals surface area contributed by atoms with Crippen molar-refractivity contribution in [2.45, 2.75) is 31.1 Å². The lowest BCUT2D eigenvalue weighted by Crippen LogP contribution is -2.25. The molecule has 2 heterocycles. The molecule has 7 nitrogen and oxygen atoms in total. The second-order valence-electron chi connectivity index (χ2n) is 7.74. The van der Waals surface area contributed by atoms with Gasteiger partial charge < -0.3 is 9.47 Å². The predicted octanol–water partition coefficient (Wildman–Crippen LogP) is 4.52. The summed E-state index contributed by atoms with van der Waals surface area (Å²) < 4.78 is 11.7. The minimum absolute atomic E-state index is 0.112. The molecule has 0 aliphatic carbocycles. The van der Waals surface area contributed by atoms with E-state index in [1.54, 1.807) is 42.6 Å². The first-order chi connectivity index (χ1) is 16.5. The van der Waals surface area contributed by atoms with Gasteiger partial charge in [0.1, 0.15) is 12.4 Å². The predicted molar refractivity (Wildman–Crippen MR) is 129 cm³/mol. The number of rotatable bonds is 9. The molecule has 174 valence electrons. The van der Waals surface area contributed by atoms with Crippen LogP contribution in [0.25, 0.3) is 0 Å². The van der Waals surface area contributed by atoms with E-state index in [1.165, 1.54) is 0 Å². The summed E-state index contributed by atoms with van der Waals surface area (Å²) in [5.41, 5.74) is 3.07. The molecule has 2 amide bonds. The Bertz CT molecular complexity index is 1150. The van der Waals surface area contributed by atoms with Gasteiger partial charge in [0.25, 0.3) is 5.24 Å². The lowest BCUT2D eigenvalue weighted by molar-refractivity contribution is -0.118. The van der Waals surface area contributed by atoms with Crippen LogP contribution < -0.4 is 10.1 Å². The summed E-state index contributed by atoms with van der Waals surface area (Å²) in [7, 11) is 0. The highest BCUT2D eigenvalue weighted by Crippen LogP contribution is 2.25. The van der Waals surface area contributed by atoms with Crippen molar-refractivity contribution in [3.05, 3.63) is 95.3 Å². The van der Waals surface area contributed by atoms with E-state index in [1.807, 2.05) is 37.3 Å². The molecule has 8 heteroatoms. The van der Waals surface area contributed by atoms with Gasteiger partial charge in [0.15, 0.2) is 6.10 Å². The number of imide groups is 1. The number of aryl methyl sites for hydroxylation is 1. The fourth-order valence-electron chi connectivity index (χ4n) is 3.44. The minimum Gasteiger partial charge on any atom is -0.489 e. The van der Waals surface area contributed by atoms with Crippen LogP contribution in [0.1, 0.15) is 40.2 Å². The van der Waals surface area contributed by atoms with Crippen LogP contribution in [0.15, 0.2) is 72.9 Å². The van der Waals surface area contributed by atoms with Crippen LogP contribution in [0, 0.1) is 0 Å². The summed E-state index contributed by atoms with van der Waals surface area (Å²) >= 11 is 1.01. The van der Waals surface area contributed by atoms with Crippen molar-refractivity contribution < 1.29 is 23.9 Å². The summed E-state index contributed by atoms with van der Waals surface area (Å²) in [5.74, 6) is -0.102. The van der Waals surface area contributed by atoms with E-state index in [9.17, 15) is 14.4 Å². The molecule has 1 aliphatic heterocycles. The number of esters is 1. The van der Waals surface area contributed by atoms with Crippen molar-refractivity contribution in [2.24, 2.45) is 0 Å². The van der Waals surface area contributed by atoms with Crippen molar-refractivity contribution in [2.75, 3.05) is 6.61 Å². The van der Waals surface area contributed by atoms with Gasteiger partial charge in [-0.2, -0.15) is 0 Å². The number of aromatic nitrogens is 1. The average Bonchev–Trinajstić information content (AvgIpc) is 3.19. The van der Waals surface area contributed by atoms with Crippen LogP contribution in [0.2, 0.25) is 0 Å². The molecular weight excluding hydrogens is 452 g/mol. The van der Waals surface area contributed by atoms with Gasteiger partial charge in [-0.05, 0) is 48.7 Å². The maximum atomic E-state index is 12.7. The van der Waals surface area contributed by atoms with Gasteiger partial charge >= 0.3 is 5.97 Å². The first-order valence-electron chi connectivity index (χ1n) is 11.0. The number of ether oxygens (including phenoxy) is 2. The second kappa shape index (κ2) is 11.0. The van der Waals surface area contributed by atoms with Gasteiger partial charge in [0.05, 0.1) is 10.8 Å². The highest BCUT2D eigenvalue weighted by molar-refractivity contribution is 8.15. The standard InChI is InChI=1S/C26H24N2O5S/c1-2-20-11-10-19(15-27-20)22(33-25(30)18-6-4-3-5-7-18)16-32-21-12-8-17(9-13-21)14-23-24(29)28-26(31)34-23/h3-13,15,22-23H,2,14,16H2,1H3,(H,28,29,31)/t22-,23?/m0/s1. The molecule has 4 rings (SSSR count). The van der Waals surface area contributed by atoms with Gasteiger partial charge in [-0.25, -0.2) is 4.79 Å². The molecule has 34 heavy (non-hydrogen) atoms. The van der Waals surface area contributed by atoms with Crippen molar-refractivity contribution in [1.29, 1.82) is 0 Å². The molecular formula is C26H24N2O5S. The van der Waals surface area contributed by atoms with Crippen molar-refractivity contribution in [1.82, 2.24) is 10.3 Å². The van der Waals surface area contributed by atoms with Crippen molar-refractivity contribution in [3.8, 4) is 5.75 Å². The largest absolute Gasteiger partial charge is 0.489 e. The number of carbonyl (C=O) groups is 3. The number of nitrogens with one attached hydrogen (secondary N) is 1. The molecule has 1 aromatic heterocycles. The Balaban J connectivity index is 1.42. The molecule has 1 aliphatic rings. The number of hydrogen-bond acceptors (Lipinski definition) is 7. The Labute approximate surface area is 201 Å². The smallest absolute Gasteiger partial charge is 0.338 e. The van der Waals surface area contributed by atoms with Crippen LogP contribution in [-0.2, 0) is 22.4 Å². The Kier molecular flexibility index (Phi) is 7.59. The SMILES string of the molecule is CCc1ccc([C@H](COc2ccc(CC3SC(=O)NC3=O)cc2)OC(=O)c2ccccc2)cn1. The fraction of sp³-hybridized carbons (Fsp3) is 0.231. The number of hydrogen-bond donors (Lipinski definition) is 1. The van der Waals surface area contributed by atoms with Gasteiger partial charge in [-0.1, -0.05) is 55.1 Å². The highest BCUT2D eigenvalue weighted by atomic mass is 32.2. The number of amides is 2. The van der Waals surface area contributed by atoms with Crippen LogP contribution in [0.4, 0.5) is 4.79 Å². The zero-order valence-corrected chi connectivity index (χ0v) is 19.4. The Morgan fingerprint density at radius 3 is 2.44 bits per heavy atom. The minimum atomic E-state index is -0.643. The van der Waals surface area contributed by atoms with E-state index in [0.29, 0.717) is 17.7 Å². The molecule has 0 saturated carbocycles. The molecule has 1 N–H and O–H groups in total. The lowest BCUT2D eigenvalue weighted by Gasteiger charge is -2.19. The van der Waals surface area contributed by atoms with Crippen LogP contribution >= 0.6 is 11.8 Å². The number of thioether (sulfide) groups is 1. The molecule has 0 bridgehead atoms. The summed E-state index contributed by atoms with van der Waals surface area (Å²) in [6, 6.07) is 19.9. The first kappa shape index (κ1) is 23.5. The van der Waals surface area contributed by atoms with Gasteiger partial charge in [-0.15, -0.1) is 0 Å². The fourth-order valence-corrected chi connectivity index (χ4v) is 4.30. The number of nitrogens with zero attached hydrogens (tertiary/aromatic N) is 1. The Morgan fingerprint density at radius 1 is 1.06 bits per heavy atom. The molecule has 0 spiro atoms. The molecule has 2 aromatic carbocycles. The van der Waals surface area contributed by atoms with E-state index >= 15 is 0 Å². The monoisotopic (exact) mass is 476 g/mol. The third-order valence-corrected chi connectivity index (χ3v) is 6.33. The zero-order valence-electron chi connectivity index (χ0n) is 18.6. The van der Waals surface area contributed by atoms with Crippen LogP contribution in [-0.4, -0.2) is 34.0 Å². The number of pyridine rings is 1. The molecule has 2 atom stereocenters. The van der Waals surface area contributed by atoms with Gasteiger partial charge in [0, 0.05) is 17.5 Å². The molecule has 1 unspecified atom stereocenters. The van der Waals surface area contributed by atoms with Crippen LogP contribution in [0.5, 0.6) is 5.75 Å². The second-order valence-corrected chi connectivity index (χ2v) is 8.91. The van der Waals surface area contributed by atoms with Crippen LogP contribution in [0.3, 0.4) is 0 Å². The van der Waals surface area contributed by atoms with E-state index in [2.05, 4.69) is 10.3 Å². The molecule has 1 fully saturated rings. The number of benzene rings is 2. The number of carbonyl (C=O) groups excluding carboxylic acids is 3. The maximum Gasteiger partial charge on any atom is 0.338 e.